The van der Waals surface area contributed by atoms with Gasteiger partial charge in [-0.05, 0) is 32.8 Å². The van der Waals surface area contributed by atoms with Gasteiger partial charge in [-0.3, -0.25) is 19.5 Å². The first-order valence-corrected chi connectivity index (χ1v) is 8.71. The molecule has 0 saturated carbocycles. The second kappa shape index (κ2) is 6.71. The van der Waals surface area contributed by atoms with Crippen LogP contribution in [0.25, 0.3) is 0 Å². The van der Waals surface area contributed by atoms with Crippen molar-refractivity contribution < 1.29 is 19.1 Å². The summed E-state index contributed by atoms with van der Waals surface area (Å²) in [5.74, 6) is -1.96. The third-order valence-corrected chi connectivity index (χ3v) is 5.66. The van der Waals surface area contributed by atoms with E-state index in [0.717, 1.165) is 6.20 Å². The number of pyridine rings is 1. The van der Waals surface area contributed by atoms with Crippen LogP contribution in [-0.2, 0) is 4.79 Å². The number of carbonyl (C=O) groups excluding carboxylic acids is 1. The van der Waals surface area contributed by atoms with Crippen molar-refractivity contribution in [3.05, 3.63) is 29.8 Å². The third-order valence-electron chi connectivity index (χ3n) is 5.66. The van der Waals surface area contributed by atoms with Crippen molar-refractivity contribution in [1.82, 2.24) is 14.8 Å². The van der Waals surface area contributed by atoms with Gasteiger partial charge in [0.15, 0.2) is 5.82 Å². The van der Waals surface area contributed by atoms with Gasteiger partial charge in [-0.15, -0.1) is 0 Å². The summed E-state index contributed by atoms with van der Waals surface area (Å²) in [4.78, 5) is 32.3. The fourth-order valence-corrected chi connectivity index (χ4v) is 4.12. The lowest BCUT2D eigenvalue weighted by molar-refractivity contribution is -0.151. The Kier molecular flexibility index (Phi) is 4.77. The molecule has 7 heteroatoms. The van der Waals surface area contributed by atoms with E-state index >= 15 is 0 Å². The summed E-state index contributed by atoms with van der Waals surface area (Å²) in [6.07, 6.45) is 3.57. The van der Waals surface area contributed by atoms with E-state index in [1.54, 1.807) is 4.90 Å². The average molecular weight is 349 g/mol. The second-order valence-corrected chi connectivity index (χ2v) is 7.39. The number of aromatic nitrogens is 1. The summed E-state index contributed by atoms with van der Waals surface area (Å²) in [7, 11) is 0. The smallest absolute Gasteiger partial charge is 0.311 e. The van der Waals surface area contributed by atoms with Crippen LogP contribution < -0.4 is 0 Å². The highest BCUT2D eigenvalue weighted by Crippen LogP contribution is 2.43. The SMILES string of the molecule is CC(C)N1C[C@H]2CN(C(=O)c3ccncc3F)CCC[C@@]2(C(=O)O)C1. The van der Waals surface area contributed by atoms with Gasteiger partial charge in [0.25, 0.3) is 5.91 Å². The van der Waals surface area contributed by atoms with E-state index in [0.29, 0.717) is 39.0 Å². The Hall–Kier alpha value is -2.02. The quantitative estimate of drug-likeness (QED) is 0.902. The zero-order chi connectivity index (χ0) is 18.2. The molecule has 3 rings (SSSR count). The number of amides is 1. The molecular weight excluding hydrogens is 325 g/mol. The fourth-order valence-electron chi connectivity index (χ4n) is 4.12. The van der Waals surface area contributed by atoms with Crippen LogP contribution >= 0.6 is 0 Å². The zero-order valence-corrected chi connectivity index (χ0v) is 14.6. The number of hydrogen-bond acceptors (Lipinski definition) is 4. The second-order valence-electron chi connectivity index (χ2n) is 7.39. The van der Waals surface area contributed by atoms with Crippen LogP contribution in [0, 0.1) is 17.2 Å². The third kappa shape index (κ3) is 3.13. The van der Waals surface area contributed by atoms with Crippen molar-refractivity contribution in [1.29, 1.82) is 0 Å². The van der Waals surface area contributed by atoms with Gasteiger partial charge in [-0.25, -0.2) is 4.39 Å². The van der Waals surface area contributed by atoms with E-state index in [2.05, 4.69) is 23.7 Å². The number of hydrogen-bond donors (Lipinski definition) is 1. The van der Waals surface area contributed by atoms with Crippen LogP contribution in [0.15, 0.2) is 18.5 Å². The number of aliphatic carboxylic acids is 1. The van der Waals surface area contributed by atoms with Crippen molar-refractivity contribution in [2.75, 3.05) is 26.2 Å². The number of fused-ring (bicyclic) bond motifs is 1. The van der Waals surface area contributed by atoms with Gasteiger partial charge in [0.1, 0.15) is 0 Å². The van der Waals surface area contributed by atoms with Gasteiger partial charge in [-0.2, -0.15) is 0 Å². The summed E-state index contributed by atoms with van der Waals surface area (Å²) < 4.78 is 13.9. The largest absolute Gasteiger partial charge is 0.481 e. The number of carboxylic acid groups (broad SMARTS) is 1. The maximum atomic E-state index is 13.9. The van der Waals surface area contributed by atoms with Crippen molar-refractivity contribution in [3.8, 4) is 0 Å². The predicted molar refractivity (Wildman–Crippen MR) is 89.6 cm³/mol. The molecule has 0 aromatic carbocycles. The minimum atomic E-state index is -0.823. The monoisotopic (exact) mass is 349 g/mol. The molecule has 1 amide bonds. The Balaban J connectivity index is 1.86. The van der Waals surface area contributed by atoms with Gasteiger partial charge in [0.05, 0.1) is 17.2 Å². The molecular formula is C18H24FN3O3. The molecule has 0 spiro atoms. The zero-order valence-electron chi connectivity index (χ0n) is 14.6. The van der Waals surface area contributed by atoms with Crippen LogP contribution in [0.5, 0.6) is 0 Å². The summed E-state index contributed by atoms with van der Waals surface area (Å²) in [6.45, 7) is 6.05. The Morgan fingerprint density at radius 2 is 2.16 bits per heavy atom. The maximum Gasteiger partial charge on any atom is 0.311 e. The topological polar surface area (TPSA) is 73.7 Å². The van der Waals surface area contributed by atoms with Gasteiger partial charge in [-0.1, -0.05) is 0 Å². The Labute approximate surface area is 146 Å². The molecule has 0 aliphatic carbocycles. The fraction of sp³-hybridized carbons (Fsp3) is 0.611. The van der Waals surface area contributed by atoms with E-state index in [-0.39, 0.29) is 23.4 Å². The standard InChI is InChI=1S/C18H24FN3O3/c1-12(2)22-10-13-9-21(7-3-5-18(13,11-22)17(24)25)16(23)14-4-6-20-8-15(14)19/h4,6,8,12-13H,3,5,7,9-11H2,1-2H3,(H,24,25)/t13-,18-/m1/s1. The number of nitrogens with zero attached hydrogens (tertiary/aromatic N) is 3. The minimum absolute atomic E-state index is 0.00321. The van der Waals surface area contributed by atoms with E-state index in [1.165, 1.54) is 12.3 Å². The lowest BCUT2D eigenvalue weighted by Crippen LogP contribution is -2.42. The first-order chi connectivity index (χ1) is 11.8. The summed E-state index contributed by atoms with van der Waals surface area (Å²) >= 11 is 0. The molecule has 0 radical (unpaired) electrons. The highest BCUT2D eigenvalue weighted by Gasteiger charge is 2.54. The molecule has 1 N–H and O–H groups in total. The van der Waals surface area contributed by atoms with Crippen molar-refractivity contribution in [2.45, 2.75) is 32.7 Å². The molecule has 2 atom stereocenters. The van der Waals surface area contributed by atoms with Crippen LogP contribution in [-0.4, -0.2) is 64.0 Å². The van der Waals surface area contributed by atoms with E-state index in [1.807, 2.05) is 0 Å². The summed E-state index contributed by atoms with van der Waals surface area (Å²) in [6, 6.07) is 1.63. The molecule has 2 saturated heterocycles. The van der Waals surface area contributed by atoms with Crippen molar-refractivity contribution in [2.24, 2.45) is 11.3 Å². The molecule has 2 fully saturated rings. The van der Waals surface area contributed by atoms with Gasteiger partial charge < -0.3 is 10.0 Å². The van der Waals surface area contributed by atoms with Gasteiger partial charge in [0, 0.05) is 44.3 Å². The first-order valence-electron chi connectivity index (χ1n) is 8.71. The molecule has 25 heavy (non-hydrogen) atoms. The van der Waals surface area contributed by atoms with Gasteiger partial charge >= 0.3 is 5.97 Å². The molecule has 2 aliphatic heterocycles. The lowest BCUT2D eigenvalue weighted by atomic mass is 9.75. The van der Waals surface area contributed by atoms with E-state index in [4.69, 9.17) is 0 Å². The van der Waals surface area contributed by atoms with Crippen LogP contribution in [0.4, 0.5) is 4.39 Å². The normalized spacial score (nSPS) is 27.2. The first kappa shape index (κ1) is 17.8. The highest BCUT2D eigenvalue weighted by molar-refractivity contribution is 5.94. The molecule has 1 aromatic heterocycles. The van der Waals surface area contributed by atoms with Crippen LogP contribution in [0.3, 0.4) is 0 Å². The highest BCUT2D eigenvalue weighted by atomic mass is 19.1. The Bertz CT molecular complexity index is 681. The van der Waals surface area contributed by atoms with Crippen molar-refractivity contribution in [3.63, 3.8) is 0 Å². The number of rotatable bonds is 3. The number of likely N-dealkylation sites (tertiary alicyclic amines) is 2. The van der Waals surface area contributed by atoms with Crippen molar-refractivity contribution >= 4 is 11.9 Å². The molecule has 0 bridgehead atoms. The van der Waals surface area contributed by atoms with Crippen LogP contribution in [0.2, 0.25) is 0 Å². The average Bonchev–Trinajstić information content (AvgIpc) is 2.84. The molecule has 6 nitrogen and oxygen atoms in total. The summed E-state index contributed by atoms with van der Waals surface area (Å²) in [5.41, 5.74) is -0.827. The van der Waals surface area contributed by atoms with Gasteiger partial charge in [0.2, 0.25) is 0 Å². The molecule has 0 unspecified atom stereocenters. The molecule has 1 aromatic rings. The van der Waals surface area contributed by atoms with Crippen LogP contribution in [0.1, 0.15) is 37.0 Å². The molecule has 3 heterocycles. The number of carboxylic acids is 1. The minimum Gasteiger partial charge on any atom is -0.481 e. The predicted octanol–water partition coefficient (Wildman–Crippen LogP) is 1.87. The Morgan fingerprint density at radius 3 is 2.80 bits per heavy atom. The molecule has 2 aliphatic rings. The lowest BCUT2D eigenvalue weighted by Gasteiger charge is -2.29. The van der Waals surface area contributed by atoms with E-state index in [9.17, 15) is 19.1 Å². The molecule has 136 valence electrons. The number of halogens is 1. The number of carbonyl (C=O) groups is 2. The van der Waals surface area contributed by atoms with E-state index < -0.39 is 17.2 Å². The maximum absolute atomic E-state index is 13.9. The summed E-state index contributed by atoms with van der Waals surface area (Å²) in [5, 5.41) is 9.91. The Morgan fingerprint density at radius 1 is 1.40 bits per heavy atom.